The van der Waals surface area contributed by atoms with Crippen LogP contribution in [0.15, 0.2) is 18.2 Å². The first-order valence-electron chi connectivity index (χ1n) is 9.31. The Bertz CT molecular complexity index is 959. The number of nitrogens with zero attached hydrogens (tertiary/aromatic N) is 2. The predicted octanol–water partition coefficient (Wildman–Crippen LogP) is 2.74. The van der Waals surface area contributed by atoms with Crippen molar-refractivity contribution in [2.45, 2.75) is 38.1 Å². The standard InChI is InChI=1S/C19H22N4O4S/c1-11-5-3-4-8-19(11)16(25)23(18(26)22-19)10-15(24)21-17-20-13-9-12(27-2)6-7-14(13)28-17/h6-7,9,11H,3-5,8,10H2,1-2H3,(H,22,26)(H,20,21,24)/t11-,19-/m0/s1. The minimum absolute atomic E-state index is 0.0602. The maximum Gasteiger partial charge on any atom is 0.325 e. The lowest BCUT2D eigenvalue weighted by atomic mass is 9.73. The number of urea groups is 1. The normalized spacial score (nSPS) is 24.6. The van der Waals surface area contributed by atoms with Gasteiger partial charge in [0.05, 0.1) is 17.3 Å². The number of hydrogen-bond donors (Lipinski definition) is 2. The molecule has 4 amide bonds. The van der Waals surface area contributed by atoms with Crippen molar-refractivity contribution in [3.05, 3.63) is 18.2 Å². The molecule has 2 atom stereocenters. The van der Waals surface area contributed by atoms with Gasteiger partial charge < -0.3 is 15.4 Å². The van der Waals surface area contributed by atoms with E-state index in [9.17, 15) is 14.4 Å². The van der Waals surface area contributed by atoms with Gasteiger partial charge in [-0.05, 0) is 30.9 Å². The summed E-state index contributed by atoms with van der Waals surface area (Å²) in [6, 6.07) is 4.98. The number of nitrogens with one attached hydrogen (secondary N) is 2. The second kappa shape index (κ2) is 7.05. The van der Waals surface area contributed by atoms with Gasteiger partial charge in [-0.15, -0.1) is 0 Å². The zero-order chi connectivity index (χ0) is 19.9. The summed E-state index contributed by atoms with van der Waals surface area (Å²) in [5.41, 5.74) is -0.146. The molecule has 8 nitrogen and oxygen atoms in total. The SMILES string of the molecule is COc1ccc2sc(NC(=O)CN3C(=O)N[C@]4(CCCC[C@@H]4C)C3=O)nc2c1. The highest BCUT2D eigenvalue weighted by Gasteiger charge is 2.55. The van der Waals surface area contributed by atoms with Crippen molar-refractivity contribution >= 4 is 44.5 Å². The molecule has 1 aliphatic heterocycles. The number of hydrogen-bond acceptors (Lipinski definition) is 6. The fraction of sp³-hybridized carbons (Fsp3) is 0.474. The van der Waals surface area contributed by atoms with E-state index in [1.165, 1.54) is 11.3 Å². The molecule has 28 heavy (non-hydrogen) atoms. The fourth-order valence-corrected chi connectivity index (χ4v) is 4.89. The number of thiazole rings is 1. The largest absolute Gasteiger partial charge is 0.497 e. The zero-order valence-corrected chi connectivity index (χ0v) is 16.6. The van der Waals surface area contributed by atoms with Crippen LogP contribution < -0.4 is 15.4 Å². The summed E-state index contributed by atoms with van der Waals surface area (Å²) in [4.78, 5) is 43.2. The Balaban J connectivity index is 1.46. The summed E-state index contributed by atoms with van der Waals surface area (Å²) in [5, 5.41) is 5.96. The third kappa shape index (κ3) is 3.09. The number of aromatic nitrogens is 1. The number of amides is 4. The van der Waals surface area contributed by atoms with Crippen molar-refractivity contribution in [2.75, 3.05) is 19.0 Å². The molecule has 1 aromatic carbocycles. The van der Waals surface area contributed by atoms with E-state index in [0.717, 1.165) is 28.9 Å². The Kier molecular flexibility index (Phi) is 4.70. The minimum atomic E-state index is -0.859. The van der Waals surface area contributed by atoms with Gasteiger partial charge >= 0.3 is 6.03 Å². The van der Waals surface area contributed by atoms with E-state index in [4.69, 9.17) is 4.74 Å². The first kappa shape index (κ1) is 18.7. The number of anilines is 1. The van der Waals surface area contributed by atoms with Crippen LogP contribution in [0, 0.1) is 5.92 Å². The lowest BCUT2D eigenvalue weighted by Gasteiger charge is -2.36. The van der Waals surface area contributed by atoms with E-state index >= 15 is 0 Å². The van der Waals surface area contributed by atoms with Crippen LogP contribution in [-0.2, 0) is 9.59 Å². The molecule has 1 saturated carbocycles. The summed E-state index contributed by atoms with van der Waals surface area (Å²) >= 11 is 1.32. The molecule has 2 fully saturated rings. The lowest BCUT2D eigenvalue weighted by Crippen LogP contribution is -2.54. The van der Waals surface area contributed by atoms with Crippen molar-refractivity contribution in [1.29, 1.82) is 0 Å². The second-order valence-electron chi connectivity index (χ2n) is 7.34. The first-order valence-corrected chi connectivity index (χ1v) is 10.1. The van der Waals surface area contributed by atoms with Gasteiger partial charge in [0.1, 0.15) is 17.8 Å². The van der Waals surface area contributed by atoms with Gasteiger partial charge in [-0.2, -0.15) is 0 Å². The van der Waals surface area contributed by atoms with Crippen LogP contribution in [0.25, 0.3) is 10.2 Å². The van der Waals surface area contributed by atoms with Crippen LogP contribution >= 0.6 is 11.3 Å². The van der Waals surface area contributed by atoms with Crippen LogP contribution in [-0.4, -0.2) is 46.9 Å². The zero-order valence-electron chi connectivity index (χ0n) is 15.8. The topological polar surface area (TPSA) is 101 Å². The average Bonchev–Trinajstić information content (AvgIpc) is 3.17. The molecule has 2 N–H and O–H groups in total. The molecule has 2 aliphatic rings. The first-order chi connectivity index (χ1) is 13.4. The quantitative estimate of drug-likeness (QED) is 0.766. The van der Waals surface area contributed by atoms with E-state index in [1.807, 2.05) is 19.1 Å². The summed E-state index contributed by atoms with van der Waals surface area (Å²) in [7, 11) is 1.58. The van der Waals surface area contributed by atoms with Crippen molar-refractivity contribution < 1.29 is 19.1 Å². The molecule has 1 aliphatic carbocycles. The highest BCUT2D eigenvalue weighted by atomic mass is 32.1. The van der Waals surface area contributed by atoms with Gasteiger partial charge in [-0.25, -0.2) is 9.78 Å². The van der Waals surface area contributed by atoms with Crippen LogP contribution in [0.2, 0.25) is 0 Å². The van der Waals surface area contributed by atoms with Crippen molar-refractivity contribution in [2.24, 2.45) is 5.92 Å². The van der Waals surface area contributed by atoms with Crippen LogP contribution in [0.3, 0.4) is 0 Å². The van der Waals surface area contributed by atoms with Crippen molar-refractivity contribution in [1.82, 2.24) is 15.2 Å². The number of fused-ring (bicyclic) bond motifs is 1. The smallest absolute Gasteiger partial charge is 0.325 e. The number of benzene rings is 1. The van der Waals surface area contributed by atoms with Crippen LogP contribution in [0.1, 0.15) is 32.6 Å². The molecule has 9 heteroatoms. The molecule has 2 heterocycles. The van der Waals surface area contributed by atoms with E-state index in [2.05, 4.69) is 15.6 Å². The average molecular weight is 402 g/mol. The van der Waals surface area contributed by atoms with E-state index in [-0.39, 0.29) is 18.4 Å². The van der Waals surface area contributed by atoms with Gasteiger partial charge in [-0.1, -0.05) is 31.1 Å². The Morgan fingerprint density at radius 2 is 2.25 bits per heavy atom. The molecule has 0 bridgehead atoms. The van der Waals surface area contributed by atoms with E-state index in [1.54, 1.807) is 13.2 Å². The van der Waals surface area contributed by atoms with Crippen molar-refractivity contribution in [3.8, 4) is 5.75 Å². The molecule has 0 unspecified atom stereocenters. The van der Waals surface area contributed by atoms with Gasteiger partial charge in [0.25, 0.3) is 5.91 Å². The molecule has 0 radical (unpaired) electrons. The Hall–Kier alpha value is -2.68. The number of carbonyl (C=O) groups is 3. The van der Waals surface area contributed by atoms with Crippen LogP contribution in [0.4, 0.5) is 9.93 Å². The number of imide groups is 1. The molecular weight excluding hydrogens is 380 g/mol. The maximum atomic E-state index is 12.9. The maximum absolute atomic E-state index is 12.9. The summed E-state index contributed by atoms with van der Waals surface area (Å²) in [6.07, 6.45) is 3.46. The fourth-order valence-electron chi connectivity index (χ4n) is 4.03. The predicted molar refractivity (Wildman–Crippen MR) is 105 cm³/mol. The Morgan fingerprint density at radius 1 is 1.43 bits per heavy atom. The van der Waals surface area contributed by atoms with Gasteiger partial charge in [0.15, 0.2) is 5.13 Å². The second-order valence-corrected chi connectivity index (χ2v) is 8.37. The molecule has 1 aromatic heterocycles. The number of methoxy groups -OCH3 is 1. The minimum Gasteiger partial charge on any atom is -0.497 e. The number of carbonyl (C=O) groups excluding carboxylic acids is 3. The summed E-state index contributed by atoms with van der Waals surface area (Å²) in [5.74, 6) is -0.00386. The van der Waals surface area contributed by atoms with E-state index < -0.39 is 17.5 Å². The number of rotatable bonds is 4. The van der Waals surface area contributed by atoms with Crippen LogP contribution in [0.5, 0.6) is 5.75 Å². The molecule has 148 valence electrons. The Morgan fingerprint density at radius 3 is 3.00 bits per heavy atom. The van der Waals surface area contributed by atoms with Crippen molar-refractivity contribution in [3.63, 3.8) is 0 Å². The molecule has 1 spiro atoms. The molecule has 2 aromatic rings. The Labute approximate surface area is 166 Å². The highest BCUT2D eigenvalue weighted by Crippen LogP contribution is 2.38. The van der Waals surface area contributed by atoms with Gasteiger partial charge in [0, 0.05) is 6.07 Å². The molecule has 1 saturated heterocycles. The van der Waals surface area contributed by atoms with Gasteiger partial charge in [0.2, 0.25) is 5.91 Å². The summed E-state index contributed by atoms with van der Waals surface area (Å²) < 4.78 is 6.08. The summed E-state index contributed by atoms with van der Waals surface area (Å²) in [6.45, 7) is 1.66. The third-order valence-corrected chi connectivity index (χ3v) is 6.60. The molecule has 4 rings (SSSR count). The van der Waals surface area contributed by atoms with E-state index in [0.29, 0.717) is 22.8 Å². The molecular formula is C19H22N4O4S. The third-order valence-electron chi connectivity index (χ3n) is 5.64. The lowest BCUT2D eigenvalue weighted by molar-refractivity contribution is -0.136. The number of ether oxygens (including phenoxy) is 1. The van der Waals surface area contributed by atoms with Gasteiger partial charge in [-0.3, -0.25) is 14.5 Å². The monoisotopic (exact) mass is 402 g/mol. The highest BCUT2D eigenvalue weighted by molar-refractivity contribution is 7.22.